The second-order valence-electron chi connectivity index (χ2n) is 9.46. The predicted octanol–water partition coefficient (Wildman–Crippen LogP) is 4.25. The van der Waals surface area contributed by atoms with Gasteiger partial charge in [-0.3, -0.25) is 9.59 Å². The van der Waals surface area contributed by atoms with E-state index >= 15 is 0 Å². The Hall–Kier alpha value is -4.53. The Kier molecular flexibility index (Phi) is 6.91. The van der Waals surface area contributed by atoms with Crippen LogP contribution in [-0.2, 0) is 18.3 Å². The Morgan fingerprint density at radius 3 is 2.55 bits per heavy atom. The van der Waals surface area contributed by atoms with E-state index in [4.69, 9.17) is 0 Å². The standard InChI is InChI=1S/C29H29FN6O2/c1-19-15-24(20-7-5-4-6-8-20)26(35(19)3)27(37)28(38)33-23-9-10-25-21(16-23)11-12-36(25)14-13-34(2)29-31-17-22(30)18-32-29/h4-10,15-18H,11-14H2,1-3H3,(H,33,38). The normalized spacial score (nSPS) is 12.4. The Morgan fingerprint density at radius 1 is 1.08 bits per heavy atom. The maximum Gasteiger partial charge on any atom is 0.298 e. The summed E-state index contributed by atoms with van der Waals surface area (Å²) in [5.41, 5.74) is 5.69. The molecule has 38 heavy (non-hydrogen) atoms. The van der Waals surface area contributed by atoms with Crippen LogP contribution in [0.25, 0.3) is 11.1 Å². The summed E-state index contributed by atoms with van der Waals surface area (Å²) in [6.07, 6.45) is 3.15. The number of aryl methyl sites for hydroxylation is 1. The molecular formula is C29H29FN6O2. The van der Waals surface area contributed by atoms with Crippen molar-refractivity contribution >= 4 is 29.0 Å². The molecule has 9 heteroatoms. The first-order valence-corrected chi connectivity index (χ1v) is 12.5. The van der Waals surface area contributed by atoms with E-state index < -0.39 is 17.5 Å². The summed E-state index contributed by atoms with van der Waals surface area (Å²) in [4.78, 5) is 38.5. The molecule has 0 fully saturated rings. The fourth-order valence-electron chi connectivity index (χ4n) is 4.79. The number of hydrogen-bond acceptors (Lipinski definition) is 6. The van der Waals surface area contributed by atoms with E-state index in [0.29, 0.717) is 23.9 Å². The van der Waals surface area contributed by atoms with Crippen molar-refractivity contribution in [2.75, 3.05) is 41.8 Å². The van der Waals surface area contributed by atoms with Gasteiger partial charge in [-0.15, -0.1) is 0 Å². The number of nitrogens with zero attached hydrogens (tertiary/aromatic N) is 5. The molecule has 1 N–H and O–H groups in total. The lowest BCUT2D eigenvalue weighted by molar-refractivity contribution is -0.112. The third-order valence-electron chi connectivity index (χ3n) is 6.96. The van der Waals surface area contributed by atoms with Crippen LogP contribution in [-0.4, -0.2) is 52.9 Å². The molecule has 0 unspecified atom stereocenters. The number of likely N-dealkylation sites (N-methyl/N-ethyl adjacent to an activating group) is 1. The highest BCUT2D eigenvalue weighted by atomic mass is 19.1. The summed E-state index contributed by atoms with van der Waals surface area (Å²) in [6.45, 7) is 4.16. The van der Waals surface area contributed by atoms with Gasteiger partial charge in [0.2, 0.25) is 5.95 Å². The minimum atomic E-state index is -0.667. The van der Waals surface area contributed by atoms with Crippen LogP contribution >= 0.6 is 0 Å². The van der Waals surface area contributed by atoms with Gasteiger partial charge in [0.05, 0.1) is 12.4 Å². The molecule has 0 saturated carbocycles. The van der Waals surface area contributed by atoms with Crippen LogP contribution in [0.5, 0.6) is 0 Å². The molecule has 0 spiro atoms. The van der Waals surface area contributed by atoms with Crippen LogP contribution in [0.2, 0.25) is 0 Å². The predicted molar refractivity (Wildman–Crippen MR) is 146 cm³/mol. The van der Waals surface area contributed by atoms with Crippen molar-refractivity contribution in [1.82, 2.24) is 14.5 Å². The summed E-state index contributed by atoms with van der Waals surface area (Å²) >= 11 is 0. The summed E-state index contributed by atoms with van der Waals surface area (Å²) in [7, 11) is 3.67. The van der Waals surface area contributed by atoms with E-state index in [9.17, 15) is 14.0 Å². The molecule has 0 radical (unpaired) electrons. The number of amides is 1. The van der Waals surface area contributed by atoms with Gasteiger partial charge in [0, 0.05) is 56.4 Å². The lowest BCUT2D eigenvalue weighted by Crippen LogP contribution is -2.33. The zero-order chi connectivity index (χ0) is 26.8. The topological polar surface area (TPSA) is 83.4 Å². The zero-order valence-electron chi connectivity index (χ0n) is 21.6. The largest absolute Gasteiger partial charge is 0.369 e. The van der Waals surface area contributed by atoms with E-state index in [1.54, 1.807) is 11.6 Å². The third-order valence-corrected chi connectivity index (χ3v) is 6.96. The smallest absolute Gasteiger partial charge is 0.298 e. The monoisotopic (exact) mass is 512 g/mol. The van der Waals surface area contributed by atoms with Crippen LogP contribution in [0.15, 0.2) is 67.0 Å². The Labute approximate surface area is 220 Å². The molecule has 5 rings (SSSR count). The average molecular weight is 513 g/mol. The van der Waals surface area contributed by atoms with Gasteiger partial charge in [-0.05, 0) is 48.7 Å². The van der Waals surface area contributed by atoms with Crippen LogP contribution in [0.3, 0.4) is 0 Å². The van der Waals surface area contributed by atoms with Crippen molar-refractivity contribution in [2.24, 2.45) is 7.05 Å². The van der Waals surface area contributed by atoms with Crippen LogP contribution in [0, 0.1) is 12.7 Å². The van der Waals surface area contributed by atoms with Crippen LogP contribution in [0.1, 0.15) is 21.7 Å². The molecule has 0 bridgehead atoms. The highest BCUT2D eigenvalue weighted by Crippen LogP contribution is 2.31. The number of carbonyl (C=O) groups excluding carboxylic acids is 2. The molecule has 3 heterocycles. The van der Waals surface area contributed by atoms with Crippen LogP contribution in [0.4, 0.5) is 21.7 Å². The lowest BCUT2D eigenvalue weighted by Gasteiger charge is -2.24. The molecule has 2 aromatic heterocycles. The molecule has 194 valence electrons. The van der Waals surface area contributed by atoms with Gasteiger partial charge in [-0.2, -0.15) is 0 Å². The van der Waals surface area contributed by atoms with E-state index in [1.165, 1.54) is 0 Å². The number of ketones is 1. The van der Waals surface area contributed by atoms with Gasteiger partial charge in [0.1, 0.15) is 5.69 Å². The van der Waals surface area contributed by atoms with Gasteiger partial charge in [-0.25, -0.2) is 14.4 Å². The summed E-state index contributed by atoms with van der Waals surface area (Å²) in [5, 5.41) is 2.80. The Bertz CT molecular complexity index is 1480. The van der Waals surface area contributed by atoms with Crippen molar-refractivity contribution in [2.45, 2.75) is 13.3 Å². The number of hydrogen-bond donors (Lipinski definition) is 1. The van der Waals surface area contributed by atoms with Crippen molar-refractivity contribution in [3.8, 4) is 11.1 Å². The first kappa shape index (κ1) is 25.1. The fourth-order valence-corrected chi connectivity index (χ4v) is 4.79. The second-order valence-corrected chi connectivity index (χ2v) is 9.46. The number of anilines is 3. The molecule has 8 nitrogen and oxygen atoms in total. The molecule has 1 aliphatic heterocycles. The number of halogens is 1. The summed E-state index contributed by atoms with van der Waals surface area (Å²) in [5.74, 6) is -1.24. The molecule has 0 atom stereocenters. The fraction of sp³-hybridized carbons (Fsp3) is 0.241. The number of carbonyl (C=O) groups is 2. The number of fused-ring (bicyclic) bond motifs is 1. The highest BCUT2D eigenvalue weighted by molar-refractivity contribution is 6.47. The molecule has 0 aliphatic carbocycles. The van der Waals surface area contributed by atoms with Gasteiger partial charge < -0.3 is 19.7 Å². The second kappa shape index (κ2) is 10.5. The molecule has 4 aromatic rings. The molecule has 0 saturated heterocycles. The summed E-state index contributed by atoms with van der Waals surface area (Å²) < 4.78 is 14.9. The van der Waals surface area contributed by atoms with Gasteiger partial charge in [-0.1, -0.05) is 30.3 Å². The average Bonchev–Trinajstić information content (AvgIpc) is 3.47. The highest BCUT2D eigenvalue weighted by Gasteiger charge is 2.26. The number of nitrogens with one attached hydrogen (secondary N) is 1. The lowest BCUT2D eigenvalue weighted by atomic mass is 10.0. The minimum absolute atomic E-state index is 0.368. The van der Waals surface area contributed by atoms with Gasteiger partial charge in [0.15, 0.2) is 5.82 Å². The van der Waals surface area contributed by atoms with Crippen LogP contribution < -0.4 is 15.1 Å². The third kappa shape index (κ3) is 5.00. The number of benzene rings is 2. The minimum Gasteiger partial charge on any atom is -0.369 e. The number of rotatable bonds is 8. The van der Waals surface area contributed by atoms with E-state index in [1.807, 2.05) is 73.5 Å². The van der Waals surface area contributed by atoms with Crippen molar-refractivity contribution < 1.29 is 14.0 Å². The van der Waals surface area contributed by atoms with Gasteiger partial charge >= 0.3 is 0 Å². The maximum atomic E-state index is 13.3. The van der Waals surface area contributed by atoms with E-state index in [-0.39, 0.29) is 0 Å². The maximum absolute atomic E-state index is 13.3. The van der Waals surface area contributed by atoms with Crippen molar-refractivity contribution in [3.63, 3.8) is 0 Å². The van der Waals surface area contributed by atoms with Crippen molar-refractivity contribution in [3.05, 3.63) is 89.8 Å². The van der Waals surface area contributed by atoms with Gasteiger partial charge in [0.25, 0.3) is 11.7 Å². The molecule has 2 aromatic carbocycles. The summed E-state index contributed by atoms with van der Waals surface area (Å²) in [6, 6.07) is 17.3. The SMILES string of the molecule is Cc1cc(-c2ccccc2)c(C(=O)C(=O)Nc2ccc3c(c2)CCN3CCN(C)c2ncc(F)cn2)n1C. The van der Waals surface area contributed by atoms with E-state index in [0.717, 1.165) is 60.0 Å². The quantitative estimate of drug-likeness (QED) is 0.281. The zero-order valence-corrected chi connectivity index (χ0v) is 21.6. The molecular weight excluding hydrogens is 483 g/mol. The van der Waals surface area contributed by atoms with E-state index in [2.05, 4.69) is 20.2 Å². The van der Waals surface area contributed by atoms with Crippen molar-refractivity contribution in [1.29, 1.82) is 0 Å². The molecule has 1 amide bonds. The Morgan fingerprint density at radius 2 is 1.82 bits per heavy atom. The molecule has 1 aliphatic rings. The number of Topliss-reactive ketones (excluding diaryl/α,β-unsaturated/α-hetero) is 1. The first-order chi connectivity index (χ1) is 18.3. The Balaban J connectivity index is 1.26. The number of aromatic nitrogens is 3. The first-order valence-electron chi connectivity index (χ1n) is 12.5.